The Kier molecular flexibility index (Phi) is 4.51. The van der Waals surface area contributed by atoms with Crippen LogP contribution in [0.3, 0.4) is 0 Å². The number of hydrogen-bond donors (Lipinski definition) is 1. The van der Waals surface area contributed by atoms with Crippen LogP contribution in [0.4, 0.5) is 0 Å². The second-order valence-corrected chi connectivity index (χ2v) is 3.62. The maximum atomic E-state index is 11.7. The summed E-state index contributed by atoms with van der Waals surface area (Å²) in [6, 6.07) is 9.40. The maximum Gasteiger partial charge on any atom is 0.305 e. The van der Waals surface area contributed by atoms with E-state index < -0.39 is 5.97 Å². The lowest BCUT2D eigenvalue weighted by Crippen LogP contribution is -2.30. The van der Waals surface area contributed by atoms with E-state index in [1.54, 1.807) is 7.05 Å². The monoisotopic (exact) mass is 221 g/mol. The van der Waals surface area contributed by atoms with E-state index in [4.69, 9.17) is 5.11 Å². The minimum atomic E-state index is -0.889. The molecule has 1 rings (SSSR count). The molecule has 0 aromatic heterocycles. The van der Waals surface area contributed by atoms with Gasteiger partial charge in [-0.25, -0.2) is 0 Å². The normalized spacial score (nSPS) is 9.81. The molecule has 0 fully saturated rings. The fourth-order valence-electron chi connectivity index (χ4n) is 1.29. The predicted octanol–water partition coefficient (Wildman–Crippen LogP) is 1.16. The molecular weight excluding hydrogens is 206 g/mol. The number of hydrogen-bond acceptors (Lipinski definition) is 2. The van der Waals surface area contributed by atoms with Crippen LogP contribution in [-0.2, 0) is 16.0 Å². The van der Waals surface area contributed by atoms with E-state index in [0.717, 1.165) is 5.56 Å². The molecule has 0 aliphatic rings. The molecule has 0 radical (unpaired) electrons. The molecule has 0 saturated heterocycles. The highest BCUT2D eigenvalue weighted by atomic mass is 16.4. The second-order valence-electron chi connectivity index (χ2n) is 3.62. The first kappa shape index (κ1) is 12.2. The average Bonchev–Trinajstić information content (AvgIpc) is 2.27. The lowest BCUT2D eigenvalue weighted by Gasteiger charge is -2.15. The number of carbonyl (C=O) groups excluding carboxylic acids is 1. The summed E-state index contributed by atoms with van der Waals surface area (Å²) in [5.74, 6) is -0.952. The molecule has 0 spiro atoms. The lowest BCUT2D eigenvalue weighted by atomic mass is 10.1. The largest absolute Gasteiger partial charge is 0.481 e. The van der Waals surface area contributed by atoms with Gasteiger partial charge in [-0.05, 0) is 5.56 Å². The summed E-state index contributed by atoms with van der Waals surface area (Å²) < 4.78 is 0. The summed E-state index contributed by atoms with van der Waals surface area (Å²) in [4.78, 5) is 23.5. The molecule has 1 amide bonds. The van der Waals surface area contributed by atoms with Crippen LogP contribution in [0.15, 0.2) is 30.3 Å². The zero-order valence-corrected chi connectivity index (χ0v) is 9.22. The summed E-state index contributed by atoms with van der Waals surface area (Å²) in [6.45, 7) is 0.251. The number of nitrogens with zero attached hydrogens (tertiary/aromatic N) is 1. The van der Waals surface area contributed by atoms with Crippen LogP contribution in [0, 0.1) is 0 Å². The van der Waals surface area contributed by atoms with Gasteiger partial charge >= 0.3 is 5.97 Å². The predicted molar refractivity (Wildman–Crippen MR) is 60.0 cm³/mol. The quantitative estimate of drug-likeness (QED) is 0.811. The smallest absolute Gasteiger partial charge is 0.305 e. The Morgan fingerprint density at radius 2 is 1.88 bits per heavy atom. The van der Waals surface area contributed by atoms with Gasteiger partial charge in [0.2, 0.25) is 5.91 Å². The average molecular weight is 221 g/mol. The van der Waals surface area contributed by atoms with E-state index >= 15 is 0 Å². The molecule has 0 heterocycles. The molecule has 86 valence electrons. The highest BCUT2D eigenvalue weighted by Crippen LogP contribution is 2.02. The summed E-state index contributed by atoms with van der Waals surface area (Å²) >= 11 is 0. The molecule has 0 bridgehead atoms. The SMILES string of the molecule is CN(CCC(=O)O)C(=O)Cc1ccccc1. The van der Waals surface area contributed by atoms with Crippen molar-refractivity contribution in [2.75, 3.05) is 13.6 Å². The molecule has 0 atom stereocenters. The number of rotatable bonds is 5. The Balaban J connectivity index is 2.43. The molecule has 4 nitrogen and oxygen atoms in total. The Labute approximate surface area is 94.5 Å². The van der Waals surface area contributed by atoms with Crippen LogP contribution < -0.4 is 0 Å². The van der Waals surface area contributed by atoms with Gasteiger partial charge < -0.3 is 10.0 Å². The lowest BCUT2D eigenvalue weighted by molar-refractivity contribution is -0.138. The van der Waals surface area contributed by atoms with Gasteiger partial charge in [0.25, 0.3) is 0 Å². The highest BCUT2D eigenvalue weighted by Gasteiger charge is 2.10. The summed E-state index contributed by atoms with van der Waals surface area (Å²) in [7, 11) is 1.62. The first-order valence-electron chi connectivity index (χ1n) is 5.09. The first-order chi connectivity index (χ1) is 7.59. The third kappa shape index (κ3) is 4.13. The summed E-state index contributed by atoms with van der Waals surface area (Å²) in [5.41, 5.74) is 0.940. The van der Waals surface area contributed by atoms with Gasteiger partial charge in [0.1, 0.15) is 0 Å². The molecule has 1 N–H and O–H groups in total. The van der Waals surface area contributed by atoms with Crippen LogP contribution in [-0.4, -0.2) is 35.5 Å². The van der Waals surface area contributed by atoms with Crippen molar-refractivity contribution in [1.82, 2.24) is 4.90 Å². The Hall–Kier alpha value is -1.84. The van der Waals surface area contributed by atoms with Crippen LogP contribution >= 0.6 is 0 Å². The van der Waals surface area contributed by atoms with Crippen molar-refractivity contribution >= 4 is 11.9 Å². The van der Waals surface area contributed by atoms with Gasteiger partial charge in [-0.15, -0.1) is 0 Å². The van der Waals surface area contributed by atoms with E-state index in [1.165, 1.54) is 4.90 Å². The number of aliphatic carboxylic acids is 1. The molecular formula is C12H15NO3. The molecule has 4 heteroatoms. The van der Waals surface area contributed by atoms with Crippen molar-refractivity contribution in [3.63, 3.8) is 0 Å². The number of carboxylic acid groups (broad SMARTS) is 1. The first-order valence-corrected chi connectivity index (χ1v) is 5.09. The molecule has 16 heavy (non-hydrogen) atoms. The topological polar surface area (TPSA) is 57.6 Å². The Bertz CT molecular complexity index is 362. The van der Waals surface area contributed by atoms with E-state index in [2.05, 4.69) is 0 Å². The zero-order valence-electron chi connectivity index (χ0n) is 9.22. The van der Waals surface area contributed by atoms with Crippen molar-refractivity contribution in [3.05, 3.63) is 35.9 Å². The second kappa shape index (κ2) is 5.90. The van der Waals surface area contributed by atoms with Gasteiger partial charge in [-0.2, -0.15) is 0 Å². The van der Waals surface area contributed by atoms with E-state index in [1.807, 2.05) is 30.3 Å². The van der Waals surface area contributed by atoms with Gasteiger partial charge in [-0.3, -0.25) is 9.59 Å². The minimum Gasteiger partial charge on any atom is -0.481 e. The fraction of sp³-hybridized carbons (Fsp3) is 0.333. The van der Waals surface area contributed by atoms with Crippen molar-refractivity contribution in [1.29, 1.82) is 0 Å². The molecule has 1 aromatic rings. The van der Waals surface area contributed by atoms with Crippen molar-refractivity contribution in [2.45, 2.75) is 12.8 Å². The van der Waals surface area contributed by atoms with Crippen LogP contribution in [0.2, 0.25) is 0 Å². The number of likely N-dealkylation sites (N-methyl/N-ethyl adjacent to an activating group) is 1. The van der Waals surface area contributed by atoms with E-state index in [-0.39, 0.29) is 18.9 Å². The minimum absolute atomic E-state index is 0.0168. The third-order valence-electron chi connectivity index (χ3n) is 2.29. The van der Waals surface area contributed by atoms with Crippen molar-refractivity contribution in [2.24, 2.45) is 0 Å². The summed E-state index contributed by atoms with van der Waals surface area (Å²) in [6.07, 6.45) is 0.300. The van der Waals surface area contributed by atoms with Gasteiger partial charge in [0.15, 0.2) is 0 Å². The highest BCUT2D eigenvalue weighted by molar-refractivity contribution is 5.79. The van der Waals surface area contributed by atoms with Crippen LogP contribution in [0.5, 0.6) is 0 Å². The Morgan fingerprint density at radius 3 is 2.44 bits per heavy atom. The standard InChI is InChI=1S/C12H15NO3/c1-13(8-7-12(15)16)11(14)9-10-5-3-2-4-6-10/h2-6H,7-9H2,1H3,(H,15,16). The molecule has 0 aliphatic carbocycles. The van der Waals surface area contributed by atoms with Crippen molar-refractivity contribution < 1.29 is 14.7 Å². The molecule has 0 unspecified atom stereocenters. The van der Waals surface area contributed by atoms with Crippen LogP contribution in [0.25, 0.3) is 0 Å². The van der Waals surface area contributed by atoms with Crippen molar-refractivity contribution in [3.8, 4) is 0 Å². The van der Waals surface area contributed by atoms with E-state index in [0.29, 0.717) is 6.42 Å². The zero-order chi connectivity index (χ0) is 12.0. The molecule has 0 saturated carbocycles. The maximum absolute atomic E-state index is 11.7. The number of carbonyl (C=O) groups is 2. The number of amides is 1. The number of carboxylic acids is 1. The fourth-order valence-corrected chi connectivity index (χ4v) is 1.29. The van der Waals surface area contributed by atoms with Gasteiger partial charge in [0.05, 0.1) is 12.8 Å². The Morgan fingerprint density at radius 1 is 1.25 bits per heavy atom. The van der Waals surface area contributed by atoms with E-state index in [9.17, 15) is 9.59 Å². The summed E-state index contributed by atoms with van der Waals surface area (Å²) in [5, 5.41) is 8.50. The van der Waals surface area contributed by atoms with Gasteiger partial charge in [-0.1, -0.05) is 30.3 Å². The third-order valence-corrected chi connectivity index (χ3v) is 2.29. The number of benzene rings is 1. The molecule has 0 aliphatic heterocycles. The molecule has 1 aromatic carbocycles. The van der Waals surface area contributed by atoms with Gasteiger partial charge in [0, 0.05) is 13.6 Å². The van der Waals surface area contributed by atoms with Crippen LogP contribution in [0.1, 0.15) is 12.0 Å².